The van der Waals surface area contributed by atoms with Gasteiger partial charge in [0.25, 0.3) is 23.2 Å². The molecule has 0 saturated heterocycles. The summed E-state index contributed by atoms with van der Waals surface area (Å²) >= 11 is 0. The normalized spacial score (nSPS) is 10.5. The standard InChI is InChI=1S/C12H15N3O3.C12H16N2O5/c1-13-12(16)10-5-4-9(6-7-14(2)3)11(8-10)15(17)18;1-13-12(15)9-5-4-8(7-11(18-2)19-3)10(6-9)14(16)17/h4-8H,1-3H3,(H,13,16);4-6,11H,7H2,1-3H3,(H,13,15)/b7-6+;. The van der Waals surface area contributed by atoms with E-state index in [1.165, 1.54) is 52.6 Å². The molecule has 2 aromatic carbocycles. The second kappa shape index (κ2) is 14.9. The number of nitrogens with one attached hydrogen (secondary N) is 2. The van der Waals surface area contributed by atoms with E-state index in [4.69, 9.17) is 9.47 Å². The van der Waals surface area contributed by atoms with E-state index < -0.39 is 16.1 Å². The number of methoxy groups -OCH3 is 2. The van der Waals surface area contributed by atoms with Gasteiger partial charge in [0.05, 0.1) is 15.4 Å². The quantitative estimate of drug-likeness (QED) is 0.273. The van der Waals surface area contributed by atoms with Gasteiger partial charge in [0.15, 0.2) is 6.29 Å². The zero-order valence-electron chi connectivity index (χ0n) is 21.5. The fourth-order valence-corrected chi connectivity index (χ4v) is 2.99. The Morgan fingerprint density at radius 2 is 1.41 bits per heavy atom. The second-order valence-electron chi connectivity index (χ2n) is 7.67. The summed E-state index contributed by atoms with van der Waals surface area (Å²) in [6.07, 6.45) is 3.01. The molecule has 0 fully saturated rings. The van der Waals surface area contributed by atoms with Crippen LogP contribution >= 0.6 is 0 Å². The predicted octanol–water partition coefficient (Wildman–Crippen LogP) is 2.60. The van der Waals surface area contributed by atoms with Crippen molar-refractivity contribution in [3.8, 4) is 0 Å². The number of carbonyl (C=O) groups excluding carboxylic acids is 2. The highest BCUT2D eigenvalue weighted by molar-refractivity contribution is 5.95. The summed E-state index contributed by atoms with van der Waals surface area (Å²) < 4.78 is 10.0. The van der Waals surface area contributed by atoms with Gasteiger partial charge in [-0.1, -0.05) is 6.07 Å². The van der Waals surface area contributed by atoms with Crippen LogP contribution in [0.2, 0.25) is 0 Å². The predicted molar refractivity (Wildman–Crippen MR) is 137 cm³/mol. The first kappa shape index (κ1) is 30.7. The summed E-state index contributed by atoms with van der Waals surface area (Å²) in [6, 6.07) is 8.70. The van der Waals surface area contributed by atoms with E-state index in [0.29, 0.717) is 11.1 Å². The van der Waals surface area contributed by atoms with E-state index >= 15 is 0 Å². The van der Waals surface area contributed by atoms with Gasteiger partial charge in [0.2, 0.25) is 0 Å². The zero-order valence-corrected chi connectivity index (χ0v) is 21.5. The Bertz CT molecular complexity index is 1150. The Balaban J connectivity index is 0.000000371. The summed E-state index contributed by atoms with van der Waals surface area (Å²) in [5, 5.41) is 26.8. The van der Waals surface area contributed by atoms with Gasteiger partial charge in [-0.3, -0.25) is 29.8 Å². The minimum atomic E-state index is -0.565. The minimum Gasteiger partial charge on any atom is -0.383 e. The number of hydrogen-bond donors (Lipinski definition) is 2. The number of nitro benzene ring substituents is 2. The third-order valence-corrected chi connectivity index (χ3v) is 4.95. The monoisotopic (exact) mass is 517 g/mol. The van der Waals surface area contributed by atoms with Gasteiger partial charge in [-0.25, -0.2) is 0 Å². The van der Waals surface area contributed by atoms with Gasteiger partial charge in [-0.05, 0) is 30.5 Å². The Morgan fingerprint density at radius 1 is 0.919 bits per heavy atom. The molecule has 0 aliphatic rings. The van der Waals surface area contributed by atoms with Crippen molar-refractivity contribution in [1.29, 1.82) is 0 Å². The Morgan fingerprint density at radius 3 is 1.84 bits per heavy atom. The van der Waals surface area contributed by atoms with Crippen molar-refractivity contribution in [2.75, 3.05) is 42.4 Å². The molecule has 0 saturated carbocycles. The van der Waals surface area contributed by atoms with E-state index in [9.17, 15) is 29.8 Å². The Kier molecular flexibility index (Phi) is 12.4. The average molecular weight is 518 g/mol. The third-order valence-electron chi connectivity index (χ3n) is 4.95. The number of nitrogens with zero attached hydrogens (tertiary/aromatic N) is 3. The Labute approximate surface area is 214 Å². The maximum absolute atomic E-state index is 11.5. The Hall–Kier alpha value is -4.36. The largest absolute Gasteiger partial charge is 0.383 e. The smallest absolute Gasteiger partial charge is 0.277 e. The number of amides is 2. The van der Waals surface area contributed by atoms with Gasteiger partial charge in [-0.15, -0.1) is 0 Å². The summed E-state index contributed by atoms with van der Waals surface area (Å²) in [7, 11) is 9.50. The average Bonchev–Trinajstić information content (AvgIpc) is 2.89. The highest BCUT2D eigenvalue weighted by atomic mass is 16.7. The molecule has 0 atom stereocenters. The molecular formula is C24H31N5O8. The summed E-state index contributed by atoms with van der Waals surface area (Å²) in [5.41, 5.74) is 1.21. The van der Waals surface area contributed by atoms with Crippen LogP contribution in [0.3, 0.4) is 0 Å². The van der Waals surface area contributed by atoms with Crippen LogP contribution in [-0.4, -0.2) is 75.3 Å². The molecule has 13 nitrogen and oxygen atoms in total. The van der Waals surface area contributed by atoms with Gasteiger partial charge < -0.3 is 25.0 Å². The molecule has 0 radical (unpaired) electrons. The lowest BCUT2D eigenvalue weighted by molar-refractivity contribution is -0.385. The molecule has 2 aromatic rings. The van der Waals surface area contributed by atoms with Gasteiger partial charge in [-0.2, -0.15) is 0 Å². The summed E-state index contributed by atoms with van der Waals surface area (Å²) in [4.78, 5) is 45.6. The molecule has 200 valence electrons. The van der Waals surface area contributed by atoms with Crippen LogP contribution in [0.4, 0.5) is 11.4 Å². The van der Waals surface area contributed by atoms with Crippen LogP contribution < -0.4 is 10.6 Å². The van der Waals surface area contributed by atoms with Crippen LogP contribution in [0.1, 0.15) is 31.8 Å². The van der Waals surface area contributed by atoms with Crippen molar-refractivity contribution < 1.29 is 28.9 Å². The SMILES string of the molecule is CNC(=O)c1ccc(/C=C/N(C)C)c([N+](=O)[O-])c1.CNC(=O)c1ccc(CC(OC)OC)c([N+](=O)[O-])c1. The van der Waals surface area contributed by atoms with Crippen LogP contribution in [0.25, 0.3) is 6.08 Å². The molecule has 0 heterocycles. The molecule has 0 aromatic heterocycles. The molecular weight excluding hydrogens is 486 g/mol. The molecule has 2 rings (SSSR count). The maximum atomic E-state index is 11.5. The van der Waals surface area contributed by atoms with Crippen molar-refractivity contribution in [1.82, 2.24) is 15.5 Å². The lowest BCUT2D eigenvalue weighted by Crippen LogP contribution is -2.19. The van der Waals surface area contributed by atoms with Crippen molar-refractivity contribution in [3.63, 3.8) is 0 Å². The summed E-state index contributed by atoms with van der Waals surface area (Å²) in [6.45, 7) is 0. The van der Waals surface area contributed by atoms with Crippen molar-refractivity contribution >= 4 is 29.3 Å². The summed E-state index contributed by atoms with van der Waals surface area (Å²) in [5.74, 6) is -0.717. The third kappa shape index (κ3) is 9.31. The van der Waals surface area contributed by atoms with E-state index in [2.05, 4.69) is 10.6 Å². The first-order valence-corrected chi connectivity index (χ1v) is 10.9. The maximum Gasteiger partial charge on any atom is 0.277 e. The number of rotatable bonds is 10. The van der Waals surface area contributed by atoms with E-state index in [1.54, 1.807) is 29.3 Å². The second-order valence-corrected chi connectivity index (χ2v) is 7.67. The number of benzene rings is 2. The van der Waals surface area contributed by atoms with E-state index in [-0.39, 0.29) is 40.7 Å². The molecule has 0 aliphatic carbocycles. The van der Waals surface area contributed by atoms with Crippen LogP contribution in [-0.2, 0) is 15.9 Å². The molecule has 0 bridgehead atoms. The van der Waals surface area contributed by atoms with Crippen molar-refractivity contribution in [3.05, 3.63) is 85.1 Å². The van der Waals surface area contributed by atoms with Crippen LogP contribution in [0, 0.1) is 20.2 Å². The first-order valence-electron chi connectivity index (χ1n) is 10.9. The lowest BCUT2D eigenvalue weighted by Gasteiger charge is -2.13. The van der Waals surface area contributed by atoms with E-state index in [0.717, 1.165) is 0 Å². The molecule has 2 N–H and O–H groups in total. The van der Waals surface area contributed by atoms with Crippen molar-refractivity contribution in [2.24, 2.45) is 0 Å². The molecule has 0 aliphatic heterocycles. The topological polar surface area (TPSA) is 166 Å². The van der Waals surface area contributed by atoms with E-state index in [1.807, 2.05) is 14.1 Å². The highest BCUT2D eigenvalue weighted by Gasteiger charge is 2.20. The highest BCUT2D eigenvalue weighted by Crippen LogP contribution is 2.23. The molecule has 37 heavy (non-hydrogen) atoms. The first-order chi connectivity index (χ1) is 17.5. The molecule has 0 unspecified atom stereocenters. The van der Waals surface area contributed by atoms with Gasteiger partial charge in [0.1, 0.15) is 0 Å². The number of nitro groups is 2. The molecule has 2 amide bonds. The molecule has 13 heteroatoms. The van der Waals surface area contributed by atoms with Gasteiger partial charge in [0, 0.05) is 77.7 Å². The lowest BCUT2D eigenvalue weighted by atomic mass is 10.1. The minimum absolute atomic E-state index is 0.0887. The fraction of sp³-hybridized carbons (Fsp3) is 0.333. The number of carbonyl (C=O) groups is 2. The van der Waals surface area contributed by atoms with Crippen LogP contribution in [0.5, 0.6) is 0 Å². The zero-order chi connectivity index (χ0) is 28.1. The number of ether oxygens (including phenoxy) is 2. The van der Waals surface area contributed by atoms with Crippen LogP contribution in [0.15, 0.2) is 42.6 Å². The van der Waals surface area contributed by atoms with Crippen molar-refractivity contribution in [2.45, 2.75) is 12.7 Å². The molecule has 0 spiro atoms. The fourth-order valence-electron chi connectivity index (χ4n) is 2.99. The van der Waals surface area contributed by atoms with Gasteiger partial charge >= 0.3 is 0 Å². The number of hydrogen-bond acceptors (Lipinski definition) is 9.